The lowest BCUT2D eigenvalue weighted by atomic mass is 9.99. The number of aryl methyl sites for hydroxylation is 1. The van der Waals surface area contributed by atoms with Gasteiger partial charge in [-0.25, -0.2) is 8.78 Å². The molecule has 1 heterocycles. The number of carbonyl (C=O) groups is 1. The minimum atomic E-state index is -1.63. The number of halogens is 2. The molecule has 1 aliphatic heterocycles. The quantitative estimate of drug-likeness (QED) is 0.104. The summed E-state index contributed by atoms with van der Waals surface area (Å²) in [6.07, 6.45) is -1.59. The molecule has 0 spiro atoms. The molecule has 3 unspecified atom stereocenters. The summed E-state index contributed by atoms with van der Waals surface area (Å²) in [6, 6.07) is 9.24. The average molecular weight is 670 g/mol. The highest BCUT2D eigenvalue weighted by atomic mass is 19.1. The Balaban J connectivity index is 1.27. The Labute approximate surface area is 274 Å². The number of ether oxygens (including phenoxy) is 3. The minimum absolute atomic E-state index is 0.0934. The molecule has 11 nitrogen and oxygen atoms in total. The monoisotopic (exact) mass is 669 g/mol. The van der Waals surface area contributed by atoms with E-state index in [4.69, 9.17) is 14.2 Å². The van der Waals surface area contributed by atoms with Crippen LogP contribution in [-0.2, 0) is 20.7 Å². The summed E-state index contributed by atoms with van der Waals surface area (Å²) >= 11 is 0. The van der Waals surface area contributed by atoms with Gasteiger partial charge in [-0.1, -0.05) is 44.6 Å². The van der Waals surface area contributed by atoms with Crippen LogP contribution in [0.1, 0.15) is 70.3 Å². The van der Waals surface area contributed by atoms with Gasteiger partial charge in [0.05, 0.1) is 25.4 Å². The van der Waals surface area contributed by atoms with Crippen LogP contribution in [0.3, 0.4) is 0 Å². The molecule has 1 amide bonds. The molecule has 2 aromatic carbocycles. The Kier molecular flexibility index (Phi) is 16.4. The number of rotatable bonds is 20. The molecule has 0 aliphatic carbocycles. The number of carbonyl (C=O) groups excluding carboxylic acids is 1. The number of hydrogen-bond donors (Lipinski definition) is 7. The molecule has 3 rings (SSSR count). The molecule has 0 saturated carbocycles. The summed E-state index contributed by atoms with van der Waals surface area (Å²) in [4.78, 5) is 12.6. The van der Waals surface area contributed by atoms with Gasteiger partial charge in [-0.2, -0.15) is 0 Å². The zero-order valence-electron chi connectivity index (χ0n) is 26.7. The topological polar surface area (TPSA) is 178 Å². The molecule has 1 aliphatic rings. The van der Waals surface area contributed by atoms with Gasteiger partial charge in [0.15, 0.2) is 17.9 Å². The molecule has 0 aromatic heterocycles. The van der Waals surface area contributed by atoms with Crippen LogP contribution in [0.2, 0.25) is 0 Å². The van der Waals surface area contributed by atoms with E-state index in [2.05, 4.69) is 5.32 Å². The first-order chi connectivity index (χ1) is 22.5. The first-order valence-electron chi connectivity index (χ1n) is 16.3. The predicted octanol–water partition coefficient (Wildman–Crippen LogP) is 2.85. The molecular formula is C34H49F2NO10. The molecule has 13 heteroatoms. The van der Waals surface area contributed by atoms with Gasteiger partial charge in [0.25, 0.3) is 0 Å². The van der Waals surface area contributed by atoms with Crippen LogP contribution in [-0.4, -0.2) is 98.7 Å². The molecule has 1 saturated heterocycles. The summed E-state index contributed by atoms with van der Waals surface area (Å²) in [5, 5.41) is 62.2. The van der Waals surface area contributed by atoms with Crippen LogP contribution < -0.4 is 10.1 Å². The van der Waals surface area contributed by atoms with Crippen molar-refractivity contribution in [1.29, 1.82) is 0 Å². The molecule has 0 bridgehead atoms. The SMILES string of the molecule is C[C@@H](O)[C@@H](O)[C@H](CO[C@H]1OC(CO)[C@H](O)C(O)C1O)NC(=O)CCCCCCCCCCc1ccc(Oc2ccc(F)cc2)c(F)c1. The van der Waals surface area contributed by atoms with E-state index < -0.39 is 61.4 Å². The van der Waals surface area contributed by atoms with E-state index in [1.807, 2.05) is 6.07 Å². The third-order valence-corrected chi connectivity index (χ3v) is 8.20. The lowest BCUT2D eigenvalue weighted by molar-refractivity contribution is -0.303. The van der Waals surface area contributed by atoms with Crippen LogP contribution in [0.15, 0.2) is 42.5 Å². The largest absolute Gasteiger partial charge is 0.454 e. The number of nitrogens with one attached hydrogen (secondary N) is 1. The molecule has 1 fully saturated rings. The highest BCUT2D eigenvalue weighted by Crippen LogP contribution is 2.26. The maximum absolute atomic E-state index is 14.4. The van der Waals surface area contributed by atoms with Crippen LogP contribution in [0.5, 0.6) is 11.5 Å². The molecule has 0 radical (unpaired) electrons. The van der Waals surface area contributed by atoms with Gasteiger partial charge >= 0.3 is 0 Å². The Morgan fingerprint density at radius 2 is 1.53 bits per heavy atom. The second-order valence-electron chi connectivity index (χ2n) is 12.1. The molecule has 47 heavy (non-hydrogen) atoms. The standard InChI is InChI=1S/C34H49F2NO10/c1-21(39)30(41)26(20-45-34-33(44)32(43)31(42)28(19-38)47-34)37-29(40)11-9-7-5-3-2-4-6-8-10-22-12-17-27(25(36)18-22)46-24-15-13-23(35)14-16-24/h12-18,21,26,28,30-34,38-39,41-44H,2-11,19-20H2,1H3,(H,37,40)/t21-,26+,28?,30-,31+,32?,33?,34+/m1/s1. The summed E-state index contributed by atoms with van der Waals surface area (Å²) in [7, 11) is 0. The highest BCUT2D eigenvalue weighted by molar-refractivity contribution is 5.76. The van der Waals surface area contributed by atoms with E-state index in [1.54, 1.807) is 6.07 Å². The predicted molar refractivity (Wildman–Crippen MR) is 167 cm³/mol. The molecule has 8 atom stereocenters. The normalized spacial score (nSPS) is 23.2. The Bertz CT molecular complexity index is 1200. The van der Waals surface area contributed by atoms with Crippen molar-refractivity contribution in [1.82, 2.24) is 5.32 Å². The lowest BCUT2D eigenvalue weighted by Crippen LogP contribution is -2.60. The third kappa shape index (κ3) is 12.7. The maximum atomic E-state index is 14.4. The number of aliphatic hydroxyl groups is 6. The fourth-order valence-corrected chi connectivity index (χ4v) is 5.33. The van der Waals surface area contributed by atoms with Crippen LogP contribution in [0.4, 0.5) is 8.78 Å². The van der Waals surface area contributed by atoms with E-state index in [-0.39, 0.29) is 30.5 Å². The first kappa shape index (κ1) is 38.7. The average Bonchev–Trinajstić information content (AvgIpc) is 3.05. The minimum Gasteiger partial charge on any atom is -0.454 e. The molecule has 2 aromatic rings. The van der Waals surface area contributed by atoms with Gasteiger partial charge in [-0.3, -0.25) is 4.79 Å². The molecule has 7 N–H and O–H groups in total. The van der Waals surface area contributed by atoms with Crippen molar-refractivity contribution in [2.24, 2.45) is 0 Å². The number of aliphatic hydroxyl groups excluding tert-OH is 6. The van der Waals surface area contributed by atoms with E-state index in [0.29, 0.717) is 12.2 Å². The van der Waals surface area contributed by atoms with Crippen molar-refractivity contribution >= 4 is 5.91 Å². The first-order valence-corrected chi connectivity index (χ1v) is 16.3. The second kappa shape index (κ2) is 19.9. The van der Waals surface area contributed by atoms with Crippen molar-refractivity contribution in [3.05, 3.63) is 59.7 Å². The van der Waals surface area contributed by atoms with Gasteiger partial charge in [0, 0.05) is 6.42 Å². The number of hydrogen-bond acceptors (Lipinski definition) is 10. The maximum Gasteiger partial charge on any atom is 0.220 e. The van der Waals surface area contributed by atoms with Crippen molar-refractivity contribution in [3.8, 4) is 11.5 Å². The van der Waals surface area contributed by atoms with E-state index in [1.165, 1.54) is 37.3 Å². The summed E-state index contributed by atoms with van der Waals surface area (Å²) < 4.78 is 43.7. The van der Waals surface area contributed by atoms with Gasteiger partial charge in [0.2, 0.25) is 5.91 Å². The number of benzene rings is 2. The summed E-state index contributed by atoms with van der Waals surface area (Å²) in [5.41, 5.74) is 0.885. The number of amides is 1. The van der Waals surface area contributed by atoms with Crippen LogP contribution in [0, 0.1) is 11.6 Å². The lowest BCUT2D eigenvalue weighted by Gasteiger charge is -2.40. The van der Waals surface area contributed by atoms with E-state index in [9.17, 15) is 44.2 Å². The van der Waals surface area contributed by atoms with E-state index in [0.717, 1.165) is 56.9 Å². The van der Waals surface area contributed by atoms with Crippen molar-refractivity contribution < 1.29 is 58.4 Å². The van der Waals surface area contributed by atoms with Crippen molar-refractivity contribution in [2.45, 2.75) is 120 Å². The zero-order chi connectivity index (χ0) is 34.3. The molecular weight excluding hydrogens is 620 g/mol. The van der Waals surface area contributed by atoms with Crippen LogP contribution in [0.25, 0.3) is 0 Å². The van der Waals surface area contributed by atoms with Gasteiger partial charge in [0.1, 0.15) is 42.1 Å². The highest BCUT2D eigenvalue weighted by Gasteiger charge is 2.44. The van der Waals surface area contributed by atoms with Crippen molar-refractivity contribution in [3.63, 3.8) is 0 Å². The van der Waals surface area contributed by atoms with Crippen molar-refractivity contribution in [2.75, 3.05) is 13.2 Å². The second-order valence-corrected chi connectivity index (χ2v) is 12.1. The smallest absolute Gasteiger partial charge is 0.220 e. The van der Waals surface area contributed by atoms with Crippen LogP contribution >= 0.6 is 0 Å². The van der Waals surface area contributed by atoms with Gasteiger partial charge in [-0.15, -0.1) is 0 Å². The fourth-order valence-electron chi connectivity index (χ4n) is 5.33. The van der Waals surface area contributed by atoms with E-state index >= 15 is 0 Å². The van der Waals surface area contributed by atoms with Gasteiger partial charge in [-0.05, 0) is 68.1 Å². The Morgan fingerprint density at radius 3 is 2.15 bits per heavy atom. The molecule has 264 valence electrons. The Hall–Kier alpha value is -2.75. The summed E-state index contributed by atoms with van der Waals surface area (Å²) in [5.74, 6) is -0.745. The summed E-state index contributed by atoms with van der Waals surface area (Å²) in [6.45, 7) is 0.355. The fraction of sp³-hybridized carbons (Fsp3) is 0.618. The zero-order valence-corrected chi connectivity index (χ0v) is 26.7. The Morgan fingerprint density at radius 1 is 0.894 bits per heavy atom. The van der Waals surface area contributed by atoms with Gasteiger partial charge < -0.3 is 50.2 Å². The number of unbranched alkanes of at least 4 members (excludes halogenated alkanes) is 7. The third-order valence-electron chi connectivity index (χ3n) is 8.20.